The van der Waals surface area contributed by atoms with Crippen LogP contribution in [0.4, 0.5) is 0 Å². The summed E-state index contributed by atoms with van der Waals surface area (Å²) < 4.78 is 16.2. The molecule has 1 aliphatic heterocycles. The van der Waals surface area contributed by atoms with E-state index in [1.807, 2.05) is 18.2 Å². The fraction of sp³-hybridized carbons (Fsp3) is 0.588. The van der Waals surface area contributed by atoms with Crippen molar-refractivity contribution in [3.8, 4) is 5.88 Å². The Balaban J connectivity index is 1.45. The fourth-order valence-electron chi connectivity index (χ4n) is 2.94. The highest BCUT2D eigenvalue weighted by atomic mass is 16.5. The van der Waals surface area contributed by atoms with Crippen LogP contribution in [0.1, 0.15) is 30.3 Å². The zero-order valence-electron chi connectivity index (χ0n) is 14.3. The Kier molecular flexibility index (Phi) is 5.77. The number of nitrogens with zero attached hydrogens (tertiary/aromatic N) is 4. The third-order valence-corrected chi connectivity index (χ3v) is 4.09. The quantitative estimate of drug-likeness (QED) is 0.768. The Morgan fingerprint density at radius 1 is 1.33 bits per heavy atom. The summed E-state index contributed by atoms with van der Waals surface area (Å²) >= 11 is 0. The number of hydrogen-bond donors (Lipinski definition) is 0. The van der Waals surface area contributed by atoms with Crippen LogP contribution in [0.25, 0.3) is 0 Å². The third-order valence-electron chi connectivity index (χ3n) is 4.09. The van der Waals surface area contributed by atoms with Gasteiger partial charge >= 0.3 is 0 Å². The highest BCUT2D eigenvalue weighted by Gasteiger charge is 2.21. The van der Waals surface area contributed by atoms with Gasteiger partial charge in [-0.15, -0.1) is 0 Å². The van der Waals surface area contributed by atoms with E-state index in [-0.39, 0.29) is 6.10 Å². The van der Waals surface area contributed by atoms with Crippen molar-refractivity contribution in [2.24, 2.45) is 0 Å². The van der Waals surface area contributed by atoms with Crippen LogP contribution < -0.4 is 4.74 Å². The van der Waals surface area contributed by atoms with Crippen LogP contribution in [0, 0.1) is 6.92 Å². The Hall–Kier alpha value is -1.99. The van der Waals surface area contributed by atoms with E-state index in [0.717, 1.165) is 38.2 Å². The number of hydrogen-bond acceptors (Lipinski definition) is 7. The van der Waals surface area contributed by atoms with Gasteiger partial charge in [-0.1, -0.05) is 11.2 Å². The second-order valence-corrected chi connectivity index (χ2v) is 6.02. The molecule has 1 aliphatic rings. The van der Waals surface area contributed by atoms with E-state index in [1.165, 1.54) is 0 Å². The lowest BCUT2D eigenvalue weighted by molar-refractivity contribution is -0.00207. The van der Waals surface area contributed by atoms with Crippen LogP contribution in [-0.2, 0) is 17.7 Å². The normalized spacial score (nSPS) is 18.7. The molecule has 0 amide bonds. The van der Waals surface area contributed by atoms with E-state index < -0.39 is 0 Å². The largest absolute Gasteiger partial charge is 0.481 e. The van der Waals surface area contributed by atoms with Gasteiger partial charge in [-0.3, -0.25) is 4.90 Å². The van der Waals surface area contributed by atoms with Crippen molar-refractivity contribution in [2.45, 2.75) is 38.8 Å². The molecule has 130 valence electrons. The first-order chi connectivity index (χ1) is 11.7. The lowest BCUT2D eigenvalue weighted by Gasteiger charge is -2.32. The number of likely N-dealkylation sites (tertiary alicyclic amines) is 1. The Morgan fingerprint density at radius 2 is 2.25 bits per heavy atom. The second-order valence-electron chi connectivity index (χ2n) is 6.02. The van der Waals surface area contributed by atoms with Crippen LogP contribution in [-0.4, -0.2) is 52.9 Å². The van der Waals surface area contributed by atoms with Crippen LogP contribution in [0.15, 0.2) is 22.7 Å². The van der Waals surface area contributed by atoms with Crippen LogP contribution in [0.3, 0.4) is 0 Å². The maximum absolute atomic E-state index is 6.00. The molecule has 2 aromatic heterocycles. The smallest absolute Gasteiger partial charge is 0.223 e. The minimum Gasteiger partial charge on any atom is -0.481 e. The van der Waals surface area contributed by atoms with Crippen molar-refractivity contribution in [1.29, 1.82) is 0 Å². The molecule has 0 N–H and O–H groups in total. The molecule has 1 atom stereocenters. The molecule has 0 saturated carbocycles. The topological polar surface area (TPSA) is 73.5 Å². The van der Waals surface area contributed by atoms with E-state index in [0.29, 0.717) is 30.6 Å². The zero-order chi connectivity index (χ0) is 16.8. The summed E-state index contributed by atoms with van der Waals surface area (Å²) in [5.41, 5.74) is 1.03. The Bertz CT molecular complexity index is 646. The number of rotatable bonds is 7. The molecule has 2 aromatic rings. The minimum atomic E-state index is 0.248. The lowest BCUT2D eigenvalue weighted by Crippen LogP contribution is -2.39. The van der Waals surface area contributed by atoms with Crippen LogP contribution >= 0.6 is 0 Å². The standard InChI is InChI=1S/C17H24N4O3/c1-13-18-16(20-24-13)8-10-23-15-6-4-9-21(12-15)11-14-5-3-7-17(19-14)22-2/h3,5,7,15H,4,6,8-12H2,1-2H3. The number of pyridine rings is 1. The van der Waals surface area contributed by atoms with Gasteiger partial charge in [0.15, 0.2) is 5.82 Å². The third kappa shape index (κ3) is 4.75. The average molecular weight is 332 g/mol. The molecule has 0 radical (unpaired) electrons. The van der Waals surface area contributed by atoms with Gasteiger partial charge in [0.2, 0.25) is 11.8 Å². The molecular formula is C17H24N4O3. The molecule has 0 aliphatic carbocycles. The van der Waals surface area contributed by atoms with Gasteiger partial charge in [0.25, 0.3) is 0 Å². The van der Waals surface area contributed by atoms with Gasteiger partial charge in [0.05, 0.1) is 25.5 Å². The highest BCUT2D eigenvalue weighted by molar-refractivity contribution is 5.15. The summed E-state index contributed by atoms with van der Waals surface area (Å²) in [4.78, 5) is 11.1. The van der Waals surface area contributed by atoms with Crippen molar-refractivity contribution in [2.75, 3.05) is 26.8 Å². The van der Waals surface area contributed by atoms with Crippen molar-refractivity contribution in [3.63, 3.8) is 0 Å². The Morgan fingerprint density at radius 3 is 3.04 bits per heavy atom. The van der Waals surface area contributed by atoms with Gasteiger partial charge in [-0.05, 0) is 25.5 Å². The number of piperidine rings is 1. The van der Waals surface area contributed by atoms with E-state index in [9.17, 15) is 0 Å². The maximum atomic E-state index is 6.00. The molecule has 0 aromatic carbocycles. The SMILES string of the molecule is COc1cccc(CN2CCCC(OCCc3noc(C)n3)C2)n1. The summed E-state index contributed by atoms with van der Waals surface area (Å²) in [5.74, 6) is 1.97. The first kappa shape index (κ1) is 16.9. The first-order valence-corrected chi connectivity index (χ1v) is 8.36. The lowest BCUT2D eigenvalue weighted by atomic mass is 10.1. The molecule has 3 rings (SSSR count). The summed E-state index contributed by atoms with van der Waals surface area (Å²) in [6.07, 6.45) is 3.16. The molecule has 3 heterocycles. The predicted octanol–water partition coefficient (Wildman–Crippen LogP) is 2.01. The maximum Gasteiger partial charge on any atom is 0.223 e. The molecule has 1 saturated heterocycles. The van der Waals surface area contributed by atoms with E-state index in [4.69, 9.17) is 14.0 Å². The molecule has 0 spiro atoms. The predicted molar refractivity (Wildman–Crippen MR) is 87.8 cm³/mol. The summed E-state index contributed by atoms with van der Waals surface area (Å²) in [6, 6.07) is 5.88. The van der Waals surface area contributed by atoms with Gasteiger partial charge in [-0.25, -0.2) is 4.98 Å². The molecule has 24 heavy (non-hydrogen) atoms. The van der Waals surface area contributed by atoms with Gasteiger partial charge in [-0.2, -0.15) is 4.98 Å². The van der Waals surface area contributed by atoms with Gasteiger partial charge in [0, 0.05) is 32.5 Å². The molecular weight excluding hydrogens is 308 g/mol. The number of methoxy groups -OCH3 is 1. The fourth-order valence-corrected chi connectivity index (χ4v) is 2.94. The molecule has 1 fully saturated rings. The van der Waals surface area contributed by atoms with E-state index >= 15 is 0 Å². The molecule has 7 heteroatoms. The van der Waals surface area contributed by atoms with E-state index in [2.05, 4.69) is 20.0 Å². The van der Waals surface area contributed by atoms with Crippen LogP contribution in [0.2, 0.25) is 0 Å². The summed E-state index contributed by atoms with van der Waals surface area (Å²) in [7, 11) is 1.64. The van der Waals surface area contributed by atoms with Crippen molar-refractivity contribution in [1.82, 2.24) is 20.0 Å². The number of aryl methyl sites for hydroxylation is 1. The number of aromatic nitrogens is 3. The minimum absolute atomic E-state index is 0.248. The zero-order valence-corrected chi connectivity index (χ0v) is 14.3. The monoisotopic (exact) mass is 332 g/mol. The van der Waals surface area contributed by atoms with Crippen molar-refractivity contribution < 1.29 is 14.0 Å². The summed E-state index contributed by atoms with van der Waals surface area (Å²) in [5, 5.41) is 3.89. The number of ether oxygens (including phenoxy) is 2. The second kappa shape index (κ2) is 8.21. The average Bonchev–Trinajstić information content (AvgIpc) is 3.01. The highest BCUT2D eigenvalue weighted by Crippen LogP contribution is 2.17. The molecule has 1 unspecified atom stereocenters. The van der Waals surface area contributed by atoms with Gasteiger partial charge in [0.1, 0.15) is 0 Å². The van der Waals surface area contributed by atoms with Crippen molar-refractivity contribution >= 4 is 0 Å². The van der Waals surface area contributed by atoms with E-state index in [1.54, 1.807) is 14.0 Å². The Labute approximate surface area is 142 Å². The molecule has 7 nitrogen and oxygen atoms in total. The van der Waals surface area contributed by atoms with Crippen molar-refractivity contribution in [3.05, 3.63) is 35.6 Å². The van der Waals surface area contributed by atoms with Crippen LogP contribution in [0.5, 0.6) is 5.88 Å². The van der Waals surface area contributed by atoms with Gasteiger partial charge < -0.3 is 14.0 Å². The summed E-state index contributed by atoms with van der Waals surface area (Å²) in [6.45, 7) is 5.23. The molecule has 0 bridgehead atoms. The first-order valence-electron chi connectivity index (χ1n) is 8.36.